The largest absolute Gasteiger partial charge is 0.309 e. The molecule has 0 fully saturated rings. The minimum atomic E-state index is -0.0297. The number of hydrogen-bond acceptors (Lipinski definition) is 2. The number of nitrogens with one attached hydrogen (secondary N) is 1. The van der Waals surface area contributed by atoms with Crippen LogP contribution in [0.2, 0.25) is 10.0 Å². The van der Waals surface area contributed by atoms with Crippen molar-refractivity contribution in [3.8, 4) is 0 Å². The molecule has 0 aliphatic carbocycles. The molecule has 1 heterocycles. The molecule has 0 spiro atoms. The monoisotopic (exact) mass is 325 g/mol. The number of aryl methyl sites for hydroxylation is 1. The standard InChI is InChI=1S/C15H17Cl2N3O/c1-3-5-15(21)18-14-8-10(2)20(19-14)9-11-12(16)6-4-7-13(11)17/h4,6-8H,3,5,9H2,1-2H3,(H,18,19,21). The van der Waals surface area contributed by atoms with E-state index in [1.807, 2.05) is 19.9 Å². The molecule has 0 saturated carbocycles. The van der Waals surface area contributed by atoms with Gasteiger partial charge in [0.25, 0.3) is 0 Å². The number of halogens is 2. The molecule has 0 aliphatic heterocycles. The van der Waals surface area contributed by atoms with Gasteiger partial charge in [0.2, 0.25) is 5.91 Å². The molecule has 2 rings (SSSR count). The molecule has 2 aromatic rings. The van der Waals surface area contributed by atoms with Crippen LogP contribution in [0.5, 0.6) is 0 Å². The van der Waals surface area contributed by atoms with Gasteiger partial charge in [-0.05, 0) is 25.5 Å². The van der Waals surface area contributed by atoms with Crippen LogP contribution in [0.15, 0.2) is 24.3 Å². The van der Waals surface area contributed by atoms with Crippen molar-refractivity contribution >= 4 is 34.9 Å². The molecule has 21 heavy (non-hydrogen) atoms. The van der Waals surface area contributed by atoms with Crippen molar-refractivity contribution in [2.75, 3.05) is 5.32 Å². The summed E-state index contributed by atoms with van der Waals surface area (Å²) >= 11 is 12.3. The Balaban J connectivity index is 2.18. The Morgan fingerprint density at radius 1 is 1.33 bits per heavy atom. The van der Waals surface area contributed by atoms with Gasteiger partial charge in [-0.25, -0.2) is 0 Å². The molecule has 0 unspecified atom stereocenters. The Morgan fingerprint density at radius 2 is 2.00 bits per heavy atom. The summed E-state index contributed by atoms with van der Waals surface area (Å²) in [5.74, 6) is 0.520. The van der Waals surface area contributed by atoms with Gasteiger partial charge >= 0.3 is 0 Å². The molecule has 4 nitrogen and oxygen atoms in total. The molecule has 1 aromatic carbocycles. The Bertz CT molecular complexity index is 632. The third-order valence-electron chi connectivity index (χ3n) is 3.10. The van der Waals surface area contributed by atoms with Crippen LogP contribution in [-0.4, -0.2) is 15.7 Å². The van der Waals surface area contributed by atoms with Gasteiger partial charge in [-0.1, -0.05) is 36.2 Å². The zero-order valence-corrected chi connectivity index (χ0v) is 13.5. The quantitative estimate of drug-likeness (QED) is 0.891. The zero-order valence-electron chi connectivity index (χ0n) is 12.0. The van der Waals surface area contributed by atoms with Gasteiger partial charge in [-0.15, -0.1) is 0 Å². The molecule has 1 aromatic heterocycles. The fourth-order valence-corrected chi connectivity index (χ4v) is 2.51. The maximum absolute atomic E-state index is 11.6. The SMILES string of the molecule is CCCC(=O)Nc1cc(C)n(Cc2c(Cl)cccc2Cl)n1. The first kappa shape index (κ1) is 15.9. The number of anilines is 1. The predicted molar refractivity (Wildman–Crippen MR) is 86.1 cm³/mol. The third kappa shape index (κ3) is 3.99. The number of benzene rings is 1. The summed E-state index contributed by atoms with van der Waals surface area (Å²) in [5.41, 5.74) is 1.75. The Morgan fingerprint density at radius 3 is 2.62 bits per heavy atom. The van der Waals surface area contributed by atoms with Gasteiger partial charge in [0.05, 0.1) is 6.54 Å². The molecule has 0 radical (unpaired) electrons. The van der Waals surface area contributed by atoms with Crippen molar-refractivity contribution in [1.29, 1.82) is 0 Å². The van der Waals surface area contributed by atoms with E-state index >= 15 is 0 Å². The van der Waals surface area contributed by atoms with Crippen LogP contribution in [0, 0.1) is 6.92 Å². The lowest BCUT2D eigenvalue weighted by molar-refractivity contribution is -0.116. The average Bonchev–Trinajstić information content (AvgIpc) is 2.74. The van der Waals surface area contributed by atoms with Crippen LogP contribution in [0.25, 0.3) is 0 Å². The van der Waals surface area contributed by atoms with Gasteiger partial charge in [0.1, 0.15) is 0 Å². The van der Waals surface area contributed by atoms with Gasteiger partial charge in [-0.2, -0.15) is 5.10 Å². The van der Waals surface area contributed by atoms with E-state index in [4.69, 9.17) is 23.2 Å². The second-order valence-electron chi connectivity index (χ2n) is 4.83. The Labute approximate surface area is 134 Å². The zero-order chi connectivity index (χ0) is 15.4. The fraction of sp³-hybridized carbons (Fsp3) is 0.333. The van der Waals surface area contributed by atoms with Gasteiger partial charge in [-0.3, -0.25) is 9.48 Å². The number of amides is 1. The highest BCUT2D eigenvalue weighted by Crippen LogP contribution is 2.25. The molecule has 0 bridgehead atoms. The topological polar surface area (TPSA) is 46.9 Å². The van der Waals surface area contributed by atoms with E-state index < -0.39 is 0 Å². The van der Waals surface area contributed by atoms with Crippen LogP contribution in [0.4, 0.5) is 5.82 Å². The third-order valence-corrected chi connectivity index (χ3v) is 3.80. The van der Waals surface area contributed by atoms with Crippen molar-refractivity contribution in [2.24, 2.45) is 0 Å². The lowest BCUT2D eigenvalue weighted by Crippen LogP contribution is -2.12. The van der Waals surface area contributed by atoms with E-state index in [-0.39, 0.29) is 5.91 Å². The molecular weight excluding hydrogens is 309 g/mol. The molecule has 1 N–H and O–H groups in total. The lowest BCUT2D eigenvalue weighted by Gasteiger charge is -2.08. The number of aromatic nitrogens is 2. The normalized spacial score (nSPS) is 10.7. The number of carbonyl (C=O) groups excluding carboxylic acids is 1. The first-order valence-corrected chi connectivity index (χ1v) is 7.54. The summed E-state index contributed by atoms with van der Waals surface area (Å²) < 4.78 is 1.77. The van der Waals surface area contributed by atoms with Crippen LogP contribution in [-0.2, 0) is 11.3 Å². The van der Waals surface area contributed by atoms with Gasteiger partial charge < -0.3 is 5.32 Å². The summed E-state index contributed by atoms with van der Waals surface area (Å²) in [6, 6.07) is 7.23. The molecule has 112 valence electrons. The maximum atomic E-state index is 11.6. The number of rotatable bonds is 5. The van der Waals surface area contributed by atoms with Crippen molar-refractivity contribution in [3.63, 3.8) is 0 Å². The molecule has 1 amide bonds. The summed E-state index contributed by atoms with van der Waals surface area (Å²) in [4.78, 5) is 11.6. The molecule has 0 saturated heterocycles. The highest BCUT2D eigenvalue weighted by atomic mass is 35.5. The van der Waals surface area contributed by atoms with Crippen molar-refractivity contribution in [2.45, 2.75) is 33.2 Å². The van der Waals surface area contributed by atoms with E-state index in [1.165, 1.54) is 0 Å². The highest BCUT2D eigenvalue weighted by molar-refractivity contribution is 6.35. The average molecular weight is 326 g/mol. The summed E-state index contributed by atoms with van der Waals surface area (Å²) in [6.45, 7) is 4.35. The second-order valence-corrected chi connectivity index (χ2v) is 5.64. The van der Waals surface area contributed by atoms with Gasteiger partial charge in [0, 0.05) is 33.8 Å². The molecule has 0 aliphatic rings. The van der Waals surface area contributed by atoms with E-state index in [0.717, 1.165) is 17.7 Å². The summed E-state index contributed by atoms with van der Waals surface area (Å²) in [6.07, 6.45) is 1.29. The van der Waals surface area contributed by atoms with Crippen LogP contribution in [0.3, 0.4) is 0 Å². The van der Waals surface area contributed by atoms with E-state index in [0.29, 0.717) is 28.8 Å². The van der Waals surface area contributed by atoms with Crippen molar-refractivity contribution in [3.05, 3.63) is 45.6 Å². The predicted octanol–water partition coefficient (Wildman–Crippen LogP) is 4.29. The maximum Gasteiger partial charge on any atom is 0.225 e. The van der Waals surface area contributed by atoms with Crippen LogP contribution < -0.4 is 5.32 Å². The van der Waals surface area contributed by atoms with E-state index in [2.05, 4.69) is 10.4 Å². The van der Waals surface area contributed by atoms with Crippen molar-refractivity contribution in [1.82, 2.24) is 9.78 Å². The van der Waals surface area contributed by atoms with E-state index in [9.17, 15) is 4.79 Å². The van der Waals surface area contributed by atoms with Gasteiger partial charge in [0.15, 0.2) is 5.82 Å². The second kappa shape index (κ2) is 6.96. The summed E-state index contributed by atoms with van der Waals surface area (Å²) in [5, 5.41) is 8.37. The minimum absolute atomic E-state index is 0.0297. The number of carbonyl (C=O) groups is 1. The van der Waals surface area contributed by atoms with Crippen molar-refractivity contribution < 1.29 is 4.79 Å². The smallest absolute Gasteiger partial charge is 0.225 e. The molecule has 0 atom stereocenters. The number of hydrogen-bond donors (Lipinski definition) is 1. The van der Waals surface area contributed by atoms with Crippen LogP contribution >= 0.6 is 23.2 Å². The first-order chi connectivity index (χ1) is 10.0. The first-order valence-electron chi connectivity index (χ1n) is 6.78. The minimum Gasteiger partial charge on any atom is -0.309 e. The number of nitrogens with zero attached hydrogens (tertiary/aromatic N) is 2. The Hall–Kier alpha value is -1.52. The molecule has 6 heteroatoms. The highest BCUT2D eigenvalue weighted by Gasteiger charge is 2.11. The van der Waals surface area contributed by atoms with E-state index in [1.54, 1.807) is 22.9 Å². The fourth-order valence-electron chi connectivity index (χ4n) is 2.00. The van der Waals surface area contributed by atoms with Crippen LogP contribution in [0.1, 0.15) is 31.0 Å². The lowest BCUT2D eigenvalue weighted by atomic mass is 10.2. The Kier molecular flexibility index (Phi) is 5.26. The molecular formula is C15H17Cl2N3O. The summed E-state index contributed by atoms with van der Waals surface area (Å²) in [7, 11) is 0.